The maximum Gasteiger partial charge on any atom is 0.262 e. The van der Waals surface area contributed by atoms with Gasteiger partial charge in [-0.2, -0.15) is 0 Å². The largest absolute Gasteiger partial charge is 0.376 e. The Hall–Kier alpha value is -1.46. The van der Waals surface area contributed by atoms with Crippen molar-refractivity contribution in [3.05, 3.63) is 27.8 Å². The normalized spacial score (nSPS) is 19.5. The summed E-state index contributed by atoms with van der Waals surface area (Å²) in [5.74, 6) is -0.0134. The fourth-order valence-corrected chi connectivity index (χ4v) is 4.40. The van der Waals surface area contributed by atoms with Crippen molar-refractivity contribution in [3.8, 4) is 0 Å². The highest BCUT2D eigenvalue weighted by atomic mass is 32.1. The molecule has 22 heavy (non-hydrogen) atoms. The third-order valence-electron chi connectivity index (χ3n) is 4.31. The molecule has 3 heterocycles. The average molecular weight is 318 g/mol. The average Bonchev–Trinajstić information content (AvgIpc) is 3.06. The number of hydrogen-bond donors (Lipinski definition) is 1. The summed E-state index contributed by atoms with van der Waals surface area (Å²) in [4.78, 5) is 18.9. The van der Waals surface area contributed by atoms with Crippen LogP contribution < -0.4 is 5.32 Å². The van der Waals surface area contributed by atoms with Crippen LogP contribution >= 0.6 is 11.3 Å². The fourth-order valence-electron chi connectivity index (χ4n) is 3.20. The lowest BCUT2D eigenvalue weighted by atomic mass is 10.1. The van der Waals surface area contributed by atoms with Gasteiger partial charge < -0.3 is 10.1 Å². The zero-order valence-corrected chi connectivity index (χ0v) is 14.3. The number of aryl methyl sites for hydroxylation is 3. The Labute approximate surface area is 134 Å². The highest BCUT2D eigenvalue weighted by molar-refractivity contribution is 7.20. The molecule has 0 bridgehead atoms. The van der Waals surface area contributed by atoms with E-state index in [1.54, 1.807) is 0 Å². The number of hydrogen-bond acceptors (Lipinski definition) is 4. The lowest BCUT2D eigenvalue weighted by Crippen LogP contribution is -2.40. The highest BCUT2D eigenvalue weighted by Gasteiger charge is 2.25. The van der Waals surface area contributed by atoms with Crippen molar-refractivity contribution < 1.29 is 9.53 Å². The first-order valence-corrected chi connectivity index (χ1v) is 8.59. The minimum absolute atomic E-state index is 0.0134. The zero-order chi connectivity index (χ0) is 15.9. The molecule has 0 spiro atoms. The molecule has 2 aromatic heterocycles. The number of nitrogens with zero attached hydrogens (tertiary/aromatic N) is 1. The SMILES string of the molecule is Cc1cc(C)c2c(C)c(C(=O)N[C@H](C)[C@@H]3CCCO3)sc2n1. The van der Waals surface area contributed by atoms with Gasteiger partial charge in [0.05, 0.1) is 17.0 Å². The number of aromatic nitrogens is 1. The van der Waals surface area contributed by atoms with Crippen LogP contribution in [0.15, 0.2) is 6.07 Å². The quantitative estimate of drug-likeness (QED) is 0.942. The van der Waals surface area contributed by atoms with E-state index >= 15 is 0 Å². The Bertz CT molecular complexity index is 717. The van der Waals surface area contributed by atoms with E-state index < -0.39 is 0 Å². The molecule has 3 rings (SSSR count). The van der Waals surface area contributed by atoms with Gasteiger partial charge in [0.2, 0.25) is 0 Å². The van der Waals surface area contributed by atoms with Crippen molar-refractivity contribution in [1.82, 2.24) is 10.3 Å². The van der Waals surface area contributed by atoms with Gasteiger partial charge in [0.1, 0.15) is 4.83 Å². The summed E-state index contributed by atoms with van der Waals surface area (Å²) >= 11 is 1.48. The number of nitrogens with one attached hydrogen (secondary N) is 1. The van der Waals surface area contributed by atoms with E-state index in [1.807, 2.05) is 20.8 Å². The van der Waals surface area contributed by atoms with Crippen LogP contribution in [0.2, 0.25) is 0 Å². The molecule has 0 aromatic carbocycles. The van der Waals surface area contributed by atoms with Gasteiger partial charge in [0.25, 0.3) is 5.91 Å². The van der Waals surface area contributed by atoms with Crippen LogP contribution in [0.3, 0.4) is 0 Å². The smallest absolute Gasteiger partial charge is 0.262 e. The molecule has 4 nitrogen and oxygen atoms in total. The first kappa shape index (κ1) is 15.4. The second-order valence-corrected chi connectivity index (χ2v) is 7.13. The van der Waals surface area contributed by atoms with E-state index in [1.165, 1.54) is 16.9 Å². The molecule has 1 fully saturated rings. The molecule has 0 radical (unpaired) electrons. The van der Waals surface area contributed by atoms with Crippen molar-refractivity contribution in [2.45, 2.75) is 52.7 Å². The summed E-state index contributed by atoms with van der Waals surface area (Å²) in [6.45, 7) is 8.89. The van der Waals surface area contributed by atoms with E-state index in [0.717, 1.165) is 45.8 Å². The molecule has 2 aromatic rings. The first-order valence-electron chi connectivity index (χ1n) is 7.77. The van der Waals surface area contributed by atoms with Crippen molar-refractivity contribution in [1.29, 1.82) is 0 Å². The van der Waals surface area contributed by atoms with Gasteiger partial charge in [-0.3, -0.25) is 4.79 Å². The fraction of sp³-hybridized carbons (Fsp3) is 0.529. The molecule has 1 amide bonds. The highest BCUT2D eigenvalue weighted by Crippen LogP contribution is 2.32. The van der Waals surface area contributed by atoms with Crippen LogP contribution in [0, 0.1) is 20.8 Å². The number of ether oxygens (including phenoxy) is 1. The van der Waals surface area contributed by atoms with Gasteiger partial charge >= 0.3 is 0 Å². The second kappa shape index (κ2) is 5.97. The molecule has 1 aliphatic rings. The molecule has 118 valence electrons. The lowest BCUT2D eigenvalue weighted by molar-refractivity contribution is 0.0714. The van der Waals surface area contributed by atoms with Gasteiger partial charge in [0.15, 0.2) is 0 Å². The van der Waals surface area contributed by atoms with E-state index in [0.29, 0.717) is 0 Å². The minimum atomic E-state index is -0.0134. The summed E-state index contributed by atoms with van der Waals surface area (Å²) in [5, 5.41) is 4.21. The first-order chi connectivity index (χ1) is 10.5. The molecule has 1 saturated heterocycles. The van der Waals surface area contributed by atoms with E-state index in [2.05, 4.69) is 23.3 Å². The molecule has 1 N–H and O–H groups in total. The van der Waals surface area contributed by atoms with Crippen molar-refractivity contribution in [3.63, 3.8) is 0 Å². The Morgan fingerprint density at radius 1 is 1.45 bits per heavy atom. The van der Waals surface area contributed by atoms with Gasteiger partial charge in [-0.05, 0) is 57.7 Å². The van der Waals surface area contributed by atoms with Crippen LogP contribution in [0.25, 0.3) is 10.2 Å². The maximum absolute atomic E-state index is 12.6. The number of thiophene rings is 1. The van der Waals surface area contributed by atoms with Gasteiger partial charge in [-0.25, -0.2) is 4.98 Å². The third kappa shape index (κ3) is 2.75. The van der Waals surface area contributed by atoms with Crippen LogP contribution in [-0.4, -0.2) is 29.6 Å². The number of rotatable bonds is 3. The second-order valence-electron chi connectivity index (χ2n) is 6.13. The summed E-state index contributed by atoms with van der Waals surface area (Å²) in [7, 11) is 0. The van der Waals surface area contributed by atoms with E-state index in [4.69, 9.17) is 4.74 Å². The minimum Gasteiger partial charge on any atom is -0.376 e. The zero-order valence-electron chi connectivity index (χ0n) is 13.5. The van der Waals surface area contributed by atoms with Crippen LogP contribution in [0.4, 0.5) is 0 Å². The van der Waals surface area contributed by atoms with Crippen molar-refractivity contribution >= 4 is 27.5 Å². The van der Waals surface area contributed by atoms with Gasteiger partial charge in [-0.15, -0.1) is 11.3 Å². The van der Waals surface area contributed by atoms with Crippen LogP contribution in [0.1, 0.15) is 46.3 Å². The van der Waals surface area contributed by atoms with Crippen molar-refractivity contribution in [2.24, 2.45) is 0 Å². The van der Waals surface area contributed by atoms with Gasteiger partial charge in [0, 0.05) is 17.7 Å². The number of carbonyl (C=O) groups excluding carboxylic acids is 1. The predicted molar refractivity (Wildman–Crippen MR) is 89.7 cm³/mol. The summed E-state index contributed by atoms with van der Waals surface area (Å²) < 4.78 is 5.65. The Balaban J connectivity index is 1.87. The molecular weight excluding hydrogens is 296 g/mol. The summed E-state index contributed by atoms with van der Waals surface area (Å²) in [6.07, 6.45) is 2.24. The molecule has 5 heteroatoms. The van der Waals surface area contributed by atoms with Crippen molar-refractivity contribution in [2.75, 3.05) is 6.61 Å². The Morgan fingerprint density at radius 2 is 2.23 bits per heavy atom. The molecule has 0 aliphatic carbocycles. The lowest BCUT2D eigenvalue weighted by Gasteiger charge is -2.19. The number of fused-ring (bicyclic) bond motifs is 1. The summed E-state index contributed by atoms with van der Waals surface area (Å²) in [5.41, 5.74) is 3.20. The Morgan fingerprint density at radius 3 is 2.91 bits per heavy atom. The summed E-state index contributed by atoms with van der Waals surface area (Å²) in [6, 6.07) is 2.11. The van der Waals surface area contributed by atoms with Crippen LogP contribution in [-0.2, 0) is 4.74 Å². The van der Waals surface area contributed by atoms with E-state index in [-0.39, 0.29) is 18.1 Å². The predicted octanol–water partition coefficient (Wildman–Crippen LogP) is 3.52. The maximum atomic E-state index is 12.6. The Kier molecular flexibility index (Phi) is 4.19. The topological polar surface area (TPSA) is 51.2 Å². The molecule has 1 aliphatic heterocycles. The number of amides is 1. The number of carbonyl (C=O) groups is 1. The standard InChI is InChI=1S/C17H22N2O2S/c1-9-8-10(2)18-17-14(9)11(3)15(22-17)16(20)19-12(4)13-6-5-7-21-13/h8,12-13H,5-7H2,1-4H3,(H,19,20)/t12-,13+/m1/s1. The monoisotopic (exact) mass is 318 g/mol. The molecule has 0 saturated carbocycles. The molecule has 2 atom stereocenters. The number of pyridine rings is 1. The molecular formula is C17H22N2O2S. The van der Waals surface area contributed by atoms with E-state index in [9.17, 15) is 4.79 Å². The van der Waals surface area contributed by atoms with Crippen LogP contribution in [0.5, 0.6) is 0 Å². The molecule has 0 unspecified atom stereocenters. The third-order valence-corrected chi connectivity index (χ3v) is 5.50. The van der Waals surface area contributed by atoms with Gasteiger partial charge in [-0.1, -0.05) is 0 Å².